The molecule has 4 rings (SSSR count). The fraction of sp³-hybridized carbons (Fsp3) is 0.286. The maximum atomic E-state index is 13.4. The molecule has 3 amide bonds. The average Bonchev–Trinajstić information content (AvgIpc) is 2.93. The molecule has 7 heteroatoms. The fourth-order valence-corrected chi connectivity index (χ4v) is 3.81. The summed E-state index contributed by atoms with van der Waals surface area (Å²) in [6.07, 6.45) is 0.357. The zero-order valence-corrected chi connectivity index (χ0v) is 15.7. The van der Waals surface area contributed by atoms with E-state index < -0.39 is 11.6 Å². The van der Waals surface area contributed by atoms with Crippen LogP contribution in [0.2, 0.25) is 0 Å². The molecule has 28 heavy (non-hydrogen) atoms. The van der Waals surface area contributed by atoms with Crippen LogP contribution in [0.5, 0.6) is 11.5 Å². The Morgan fingerprint density at radius 3 is 2.79 bits per heavy atom. The van der Waals surface area contributed by atoms with Gasteiger partial charge in [-0.25, -0.2) is 4.79 Å². The van der Waals surface area contributed by atoms with Gasteiger partial charge in [-0.1, -0.05) is 18.2 Å². The molecule has 2 aromatic rings. The molecule has 1 fully saturated rings. The number of hydrogen-bond donors (Lipinski definition) is 1. The molecule has 0 aliphatic carbocycles. The highest BCUT2D eigenvalue weighted by Crippen LogP contribution is 2.41. The van der Waals surface area contributed by atoms with Crippen LogP contribution >= 0.6 is 0 Å². The summed E-state index contributed by atoms with van der Waals surface area (Å²) < 4.78 is 11.0. The molecule has 2 aliphatic rings. The number of para-hydroxylation sites is 1. The van der Waals surface area contributed by atoms with Gasteiger partial charge in [0.05, 0.1) is 20.3 Å². The van der Waals surface area contributed by atoms with E-state index in [9.17, 15) is 14.4 Å². The summed E-state index contributed by atoms with van der Waals surface area (Å²) in [5, 5.41) is 2.87. The predicted octanol–water partition coefficient (Wildman–Crippen LogP) is 2.63. The van der Waals surface area contributed by atoms with Crippen LogP contribution in [0.3, 0.4) is 0 Å². The Hall–Kier alpha value is -3.35. The highest BCUT2D eigenvalue weighted by Gasteiger charge is 2.54. The summed E-state index contributed by atoms with van der Waals surface area (Å²) in [5.41, 5.74) is 0.619. The molecule has 2 aromatic carbocycles. The monoisotopic (exact) mass is 380 g/mol. The number of amides is 3. The van der Waals surface area contributed by atoms with Crippen LogP contribution in [0.15, 0.2) is 42.5 Å². The van der Waals surface area contributed by atoms with Gasteiger partial charge in [-0.2, -0.15) is 0 Å². The van der Waals surface area contributed by atoms with Crippen molar-refractivity contribution in [3.05, 3.63) is 59.2 Å². The number of rotatable bonds is 4. The van der Waals surface area contributed by atoms with Gasteiger partial charge in [-0.05, 0) is 31.2 Å². The normalized spacial score (nSPS) is 20.6. The number of benzene rings is 2. The standard InChI is InChI=1S/C21H20N2O5/c1-13(24)14-7-8-17(27-2)15(11-14)12-23-19(25)21(22-20(23)26)9-10-28-18-6-4-3-5-16(18)21/h3-8,11H,9-10,12H2,1-2H3,(H,22,26)/t21-/m1/s1. The van der Waals surface area contributed by atoms with Crippen molar-refractivity contribution >= 4 is 17.7 Å². The lowest BCUT2D eigenvalue weighted by Crippen LogP contribution is -2.47. The van der Waals surface area contributed by atoms with Crippen molar-refractivity contribution in [1.29, 1.82) is 0 Å². The van der Waals surface area contributed by atoms with Crippen molar-refractivity contribution in [3.63, 3.8) is 0 Å². The topological polar surface area (TPSA) is 84.9 Å². The van der Waals surface area contributed by atoms with Crippen LogP contribution in [-0.4, -0.2) is 36.3 Å². The van der Waals surface area contributed by atoms with E-state index in [-0.39, 0.29) is 18.2 Å². The number of nitrogens with one attached hydrogen (secondary N) is 1. The first kappa shape index (κ1) is 18.0. The van der Waals surface area contributed by atoms with Crippen molar-refractivity contribution in [2.45, 2.75) is 25.4 Å². The second kappa shape index (κ2) is 6.67. The Morgan fingerprint density at radius 2 is 2.04 bits per heavy atom. The van der Waals surface area contributed by atoms with Crippen molar-refractivity contribution < 1.29 is 23.9 Å². The van der Waals surface area contributed by atoms with E-state index in [2.05, 4.69) is 5.32 Å². The first-order valence-corrected chi connectivity index (χ1v) is 9.00. The Labute approximate surface area is 162 Å². The van der Waals surface area contributed by atoms with E-state index in [1.54, 1.807) is 30.3 Å². The quantitative estimate of drug-likeness (QED) is 0.651. The van der Waals surface area contributed by atoms with Crippen molar-refractivity contribution in [2.24, 2.45) is 0 Å². The number of carbonyl (C=O) groups excluding carboxylic acids is 3. The predicted molar refractivity (Wildman–Crippen MR) is 100 cm³/mol. The molecule has 0 bridgehead atoms. The molecule has 1 saturated heterocycles. The third kappa shape index (κ3) is 2.70. The Kier molecular flexibility index (Phi) is 4.30. The van der Waals surface area contributed by atoms with Gasteiger partial charge in [0.1, 0.15) is 11.5 Å². The Morgan fingerprint density at radius 1 is 1.25 bits per heavy atom. The number of imide groups is 1. The van der Waals surface area contributed by atoms with Crippen LogP contribution < -0.4 is 14.8 Å². The second-order valence-corrected chi connectivity index (χ2v) is 6.90. The van der Waals surface area contributed by atoms with Gasteiger partial charge in [0, 0.05) is 23.1 Å². The molecule has 0 unspecified atom stereocenters. The molecule has 2 aliphatic heterocycles. The molecular formula is C21H20N2O5. The molecule has 0 radical (unpaired) electrons. The highest BCUT2D eigenvalue weighted by molar-refractivity contribution is 6.08. The summed E-state index contributed by atoms with van der Waals surface area (Å²) >= 11 is 0. The van der Waals surface area contributed by atoms with Crippen LogP contribution in [0.25, 0.3) is 0 Å². The molecule has 2 heterocycles. The maximum absolute atomic E-state index is 13.4. The van der Waals surface area contributed by atoms with Gasteiger partial charge in [0.2, 0.25) is 0 Å². The molecule has 144 valence electrons. The number of ether oxygens (including phenoxy) is 2. The summed E-state index contributed by atoms with van der Waals surface area (Å²) in [7, 11) is 1.51. The van der Waals surface area contributed by atoms with Gasteiger partial charge < -0.3 is 14.8 Å². The van der Waals surface area contributed by atoms with Gasteiger partial charge in [0.15, 0.2) is 11.3 Å². The van der Waals surface area contributed by atoms with Crippen LogP contribution in [0.1, 0.15) is 34.8 Å². The summed E-state index contributed by atoms with van der Waals surface area (Å²) in [4.78, 5) is 39.0. The first-order chi connectivity index (χ1) is 13.5. The van der Waals surface area contributed by atoms with Crippen LogP contribution in [0, 0.1) is 0 Å². The number of nitrogens with zero attached hydrogens (tertiary/aromatic N) is 1. The lowest BCUT2D eigenvalue weighted by molar-refractivity contribution is -0.133. The van der Waals surface area contributed by atoms with E-state index in [1.165, 1.54) is 18.9 Å². The number of Topliss-reactive ketones (excluding diaryl/α,β-unsaturated/α-hetero) is 1. The van der Waals surface area contributed by atoms with E-state index in [1.807, 2.05) is 12.1 Å². The Bertz CT molecular complexity index is 987. The molecule has 1 spiro atoms. The highest BCUT2D eigenvalue weighted by atomic mass is 16.5. The van der Waals surface area contributed by atoms with Gasteiger partial charge >= 0.3 is 6.03 Å². The minimum atomic E-state index is -1.13. The molecule has 1 atom stereocenters. The number of ketones is 1. The number of urea groups is 1. The van der Waals surface area contributed by atoms with Crippen LogP contribution in [-0.2, 0) is 16.9 Å². The fourth-order valence-electron chi connectivity index (χ4n) is 3.81. The largest absolute Gasteiger partial charge is 0.496 e. The maximum Gasteiger partial charge on any atom is 0.325 e. The third-order valence-corrected chi connectivity index (χ3v) is 5.27. The average molecular weight is 380 g/mol. The summed E-state index contributed by atoms with van der Waals surface area (Å²) in [6.45, 7) is 1.81. The molecule has 7 nitrogen and oxygen atoms in total. The lowest BCUT2D eigenvalue weighted by Gasteiger charge is -2.33. The number of methoxy groups -OCH3 is 1. The summed E-state index contributed by atoms with van der Waals surface area (Å²) in [6, 6.07) is 11.7. The minimum Gasteiger partial charge on any atom is -0.496 e. The van der Waals surface area contributed by atoms with E-state index in [4.69, 9.17) is 9.47 Å². The van der Waals surface area contributed by atoms with E-state index in [0.29, 0.717) is 41.2 Å². The molecule has 1 N–H and O–H groups in total. The number of hydrogen-bond acceptors (Lipinski definition) is 5. The molecule has 0 saturated carbocycles. The zero-order chi connectivity index (χ0) is 19.9. The number of carbonyl (C=O) groups is 3. The second-order valence-electron chi connectivity index (χ2n) is 6.90. The first-order valence-electron chi connectivity index (χ1n) is 9.00. The van der Waals surface area contributed by atoms with Crippen molar-refractivity contribution in [3.8, 4) is 11.5 Å². The van der Waals surface area contributed by atoms with Gasteiger partial charge in [0.25, 0.3) is 5.91 Å². The van der Waals surface area contributed by atoms with Gasteiger partial charge in [-0.3, -0.25) is 14.5 Å². The van der Waals surface area contributed by atoms with Crippen LogP contribution in [0.4, 0.5) is 4.79 Å². The van der Waals surface area contributed by atoms with Crippen molar-refractivity contribution in [2.75, 3.05) is 13.7 Å². The molecular weight excluding hydrogens is 360 g/mol. The lowest BCUT2D eigenvalue weighted by atomic mass is 9.84. The van der Waals surface area contributed by atoms with Crippen molar-refractivity contribution in [1.82, 2.24) is 10.2 Å². The van der Waals surface area contributed by atoms with E-state index >= 15 is 0 Å². The third-order valence-electron chi connectivity index (χ3n) is 5.27. The SMILES string of the molecule is COc1ccc(C(C)=O)cc1CN1C(=O)N[C@@]2(CCOc3ccccc32)C1=O. The molecule has 0 aromatic heterocycles. The van der Waals surface area contributed by atoms with E-state index in [0.717, 1.165) is 0 Å². The minimum absolute atomic E-state index is 0.0136. The zero-order valence-electron chi connectivity index (χ0n) is 15.7. The number of fused-ring (bicyclic) bond motifs is 2. The summed E-state index contributed by atoms with van der Waals surface area (Å²) in [5.74, 6) is 0.679. The Balaban J connectivity index is 1.71. The smallest absolute Gasteiger partial charge is 0.325 e. The van der Waals surface area contributed by atoms with Gasteiger partial charge in [-0.15, -0.1) is 0 Å².